The van der Waals surface area contributed by atoms with E-state index in [4.69, 9.17) is 33.2 Å². The van der Waals surface area contributed by atoms with Gasteiger partial charge in [-0.3, -0.25) is 0 Å². The topological polar surface area (TPSA) is 64.6 Å². The fraction of sp³-hybridized carbons (Fsp3) is 0.526. The van der Waals surface area contributed by atoms with Crippen molar-refractivity contribution >= 4 is 0 Å². The standard InChI is InChI=1S/C38H50O7/c1-5-37(6-2)42-28-33(43-37)35-36(41-26-31-22-16-11-17-23-31)34(44-38(7-3,8-4)45-35)32(40-25-30-20-14-10-15-21-30)27-39-24-29-18-12-9-13-19-29/h9-23,32-36H,5-8,24-28H2,1-4H3/t32-,33+,34-,35+,36+/m0/s1. The number of hydrogen-bond acceptors (Lipinski definition) is 7. The zero-order valence-corrected chi connectivity index (χ0v) is 27.3. The van der Waals surface area contributed by atoms with Crippen LogP contribution in [0.4, 0.5) is 0 Å². The average molecular weight is 619 g/mol. The SMILES string of the molecule is CCC1(CC)O[C@@H]([C@H](COCc2ccccc2)OCc2ccccc2)[C@@H](OCc2ccccc2)[C@@H]([C@H]2COC(CC)(CC)O2)O1. The van der Waals surface area contributed by atoms with Crippen LogP contribution in [0.1, 0.15) is 70.1 Å². The molecule has 2 saturated heterocycles. The Morgan fingerprint density at radius 3 is 1.71 bits per heavy atom. The Bertz CT molecular complexity index is 1250. The molecular formula is C38H50O7. The van der Waals surface area contributed by atoms with E-state index in [1.807, 2.05) is 54.6 Å². The molecule has 2 aliphatic rings. The maximum Gasteiger partial charge on any atom is 0.169 e. The Kier molecular flexibility index (Phi) is 12.2. The second-order valence-electron chi connectivity index (χ2n) is 12.0. The number of rotatable bonds is 16. The minimum absolute atomic E-state index is 0.323. The van der Waals surface area contributed by atoms with Crippen molar-refractivity contribution in [2.75, 3.05) is 13.2 Å². The van der Waals surface area contributed by atoms with Crippen molar-refractivity contribution in [3.8, 4) is 0 Å². The van der Waals surface area contributed by atoms with Gasteiger partial charge in [0.2, 0.25) is 0 Å². The first-order chi connectivity index (χ1) is 22.0. The summed E-state index contributed by atoms with van der Waals surface area (Å²) in [5, 5.41) is 0. The third kappa shape index (κ3) is 8.60. The summed E-state index contributed by atoms with van der Waals surface area (Å²) < 4.78 is 46.7. The molecule has 0 radical (unpaired) electrons. The van der Waals surface area contributed by atoms with Crippen LogP contribution in [0.5, 0.6) is 0 Å². The summed E-state index contributed by atoms with van der Waals surface area (Å²) >= 11 is 0. The fourth-order valence-corrected chi connectivity index (χ4v) is 6.20. The molecule has 2 fully saturated rings. The molecule has 2 aliphatic heterocycles. The summed E-state index contributed by atoms with van der Waals surface area (Å²) in [5.74, 6) is -1.46. The van der Waals surface area contributed by atoms with Crippen LogP contribution in [0, 0.1) is 0 Å². The Morgan fingerprint density at radius 1 is 0.644 bits per heavy atom. The lowest BCUT2D eigenvalue weighted by Crippen LogP contribution is -2.64. The van der Waals surface area contributed by atoms with Gasteiger partial charge in [0.1, 0.15) is 30.5 Å². The normalized spacial score (nSPS) is 24.8. The van der Waals surface area contributed by atoms with Gasteiger partial charge < -0.3 is 33.2 Å². The van der Waals surface area contributed by atoms with Gasteiger partial charge in [-0.25, -0.2) is 0 Å². The maximum atomic E-state index is 6.97. The Hall–Kier alpha value is -2.62. The van der Waals surface area contributed by atoms with Crippen molar-refractivity contribution < 1.29 is 33.2 Å². The summed E-state index contributed by atoms with van der Waals surface area (Å²) in [5.41, 5.74) is 3.25. The highest BCUT2D eigenvalue weighted by atomic mass is 16.8. The van der Waals surface area contributed by atoms with E-state index in [-0.39, 0.29) is 6.10 Å². The quantitative estimate of drug-likeness (QED) is 0.164. The smallest absolute Gasteiger partial charge is 0.169 e. The zero-order chi connectivity index (χ0) is 31.5. The van der Waals surface area contributed by atoms with Crippen LogP contribution in [0.3, 0.4) is 0 Å². The van der Waals surface area contributed by atoms with Crippen LogP contribution in [0.15, 0.2) is 91.0 Å². The summed E-state index contributed by atoms with van der Waals surface area (Å²) in [6.45, 7) is 10.4. The van der Waals surface area contributed by atoms with Crippen LogP contribution in [-0.4, -0.2) is 55.3 Å². The minimum atomic E-state index is -0.831. The summed E-state index contributed by atoms with van der Waals surface area (Å²) in [4.78, 5) is 0. The van der Waals surface area contributed by atoms with Crippen LogP contribution >= 0.6 is 0 Å². The summed E-state index contributed by atoms with van der Waals surface area (Å²) in [6.07, 6.45) is 0.638. The van der Waals surface area contributed by atoms with Gasteiger partial charge in [0, 0.05) is 0 Å². The van der Waals surface area contributed by atoms with Crippen LogP contribution in [0.25, 0.3) is 0 Å². The van der Waals surface area contributed by atoms with E-state index < -0.39 is 36.0 Å². The molecule has 244 valence electrons. The molecule has 0 bridgehead atoms. The lowest BCUT2D eigenvalue weighted by molar-refractivity contribution is -0.383. The van der Waals surface area contributed by atoms with Crippen molar-refractivity contribution in [2.45, 2.75) is 115 Å². The highest BCUT2D eigenvalue weighted by molar-refractivity contribution is 5.15. The van der Waals surface area contributed by atoms with Crippen molar-refractivity contribution in [3.05, 3.63) is 108 Å². The predicted octanol–water partition coefficient (Wildman–Crippen LogP) is 7.61. The van der Waals surface area contributed by atoms with E-state index >= 15 is 0 Å². The molecular weight excluding hydrogens is 568 g/mol. The van der Waals surface area contributed by atoms with Crippen molar-refractivity contribution in [1.82, 2.24) is 0 Å². The van der Waals surface area contributed by atoms with Gasteiger partial charge in [0.05, 0.1) is 33.0 Å². The molecule has 5 atom stereocenters. The van der Waals surface area contributed by atoms with Crippen molar-refractivity contribution in [1.29, 1.82) is 0 Å². The van der Waals surface area contributed by atoms with Crippen LogP contribution in [-0.2, 0) is 53.0 Å². The molecule has 0 aromatic heterocycles. The first-order valence-corrected chi connectivity index (χ1v) is 16.6. The molecule has 0 amide bonds. The lowest BCUT2D eigenvalue weighted by Gasteiger charge is -2.51. The molecule has 45 heavy (non-hydrogen) atoms. The Balaban J connectivity index is 1.47. The zero-order valence-electron chi connectivity index (χ0n) is 27.3. The van der Waals surface area contributed by atoms with E-state index in [1.54, 1.807) is 0 Å². The molecule has 7 heteroatoms. The Labute approximate surface area is 269 Å². The Morgan fingerprint density at radius 2 is 1.18 bits per heavy atom. The summed E-state index contributed by atoms with van der Waals surface area (Å²) in [6, 6.07) is 30.6. The van der Waals surface area contributed by atoms with Crippen molar-refractivity contribution in [2.24, 2.45) is 0 Å². The first-order valence-electron chi connectivity index (χ1n) is 16.6. The van der Waals surface area contributed by atoms with Gasteiger partial charge in [-0.05, 0) is 42.4 Å². The van der Waals surface area contributed by atoms with Gasteiger partial charge >= 0.3 is 0 Å². The highest BCUT2D eigenvalue weighted by Gasteiger charge is 2.55. The second-order valence-corrected chi connectivity index (χ2v) is 12.0. The maximum absolute atomic E-state index is 6.97. The fourth-order valence-electron chi connectivity index (χ4n) is 6.20. The average Bonchev–Trinajstić information content (AvgIpc) is 3.55. The number of benzene rings is 3. The highest BCUT2D eigenvalue weighted by Crippen LogP contribution is 2.42. The molecule has 7 nitrogen and oxygen atoms in total. The largest absolute Gasteiger partial charge is 0.374 e. The number of ether oxygens (including phenoxy) is 7. The minimum Gasteiger partial charge on any atom is -0.374 e. The molecule has 0 unspecified atom stereocenters. The second kappa shape index (κ2) is 16.3. The van der Waals surface area contributed by atoms with Crippen LogP contribution in [0.2, 0.25) is 0 Å². The molecule has 3 aromatic carbocycles. The van der Waals surface area contributed by atoms with Crippen molar-refractivity contribution in [3.63, 3.8) is 0 Å². The molecule has 2 heterocycles. The van der Waals surface area contributed by atoms with Gasteiger partial charge in [0.15, 0.2) is 11.6 Å². The third-order valence-electron chi connectivity index (χ3n) is 9.10. The molecule has 3 aromatic rings. The van der Waals surface area contributed by atoms with E-state index in [0.717, 1.165) is 29.5 Å². The third-order valence-corrected chi connectivity index (χ3v) is 9.10. The predicted molar refractivity (Wildman–Crippen MR) is 173 cm³/mol. The lowest BCUT2D eigenvalue weighted by atomic mass is 9.94. The number of hydrogen-bond donors (Lipinski definition) is 0. The first kappa shape index (κ1) is 33.7. The van der Waals surface area contributed by atoms with Gasteiger partial charge in [-0.1, -0.05) is 119 Å². The molecule has 0 saturated carbocycles. The van der Waals surface area contributed by atoms with E-state index in [2.05, 4.69) is 64.1 Å². The van der Waals surface area contributed by atoms with E-state index in [1.165, 1.54) is 0 Å². The van der Waals surface area contributed by atoms with Gasteiger partial charge in [-0.15, -0.1) is 0 Å². The van der Waals surface area contributed by atoms with Crippen LogP contribution < -0.4 is 0 Å². The molecule has 5 rings (SSSR count). The molecule has 0 aliphatic carbocycles. The van der Waals surface area contributed by atoms with E-state index in [9.17, 15) is 0 Å². The molecule has 0 spiro atoms. The monoisotopic (exact) mass is 618 g/mol. The van der Waals surface area contributed by atoms with Gasteiger partial charge in [-0.2, -0.15) is 0 Å². The summed E-state index contributed by atoms with van der Waals surface area (Å²) in [7, 11) is 0. The van der Waals surface area contributed by atoms with Gasteiger partial charge in [0.25, 0.3) is 0 Å². The molecule has 0 N–H and O–H groups in total. The van der Waals surface area contributed by atoms with E-state index in [0.29, 0.717) is 45.9 Å².